The van der Waals surface area contributed by atoms with Crippen LogP contribution in [0.4, 0.5) is 0 Å². The van der Waals surface area contributed by atoms with Crippen LogP contribution in [0, 0.1) is 0 Å². The van der Waals surface area contributed by atoms with Crippen LogP contribution in [0.1, 0.15) is 51.9 Å². The second-order valence-corrected chi connectivity index (χ2v) is 2.91. The minimum Gasteiger partial charge on any atom is -0.481 e. The Morgan fingerprint density at radius 1 is 1.08 bits per heavy atom. The summed E-state index contributed by atoms with van der Waals surface area (Å²) in [5, 5.41) is 8.32. The van der Waals surface area contributed by atoms with E-state index in [4.69, 9.17) is 5.11 Å². The lowest BCUT2D eigenvalue weighted by Gasteiger charge is -1.97. The molecule has 0 amide bonds. The van der Waals surface area contributed by atoms with Crippen molar-refractivity contribution in [1.29, 1.82) is 0 Å². The van der Waals surface area contributed by atoms with E-state index in [1.165, 1.54) is 25.7 Å². The summed E-state index contributed by atoms with van der Waals surface area (Å²) in [6, 6.07) is 0. The highest BCUT2D eigenvalue weighted by atomic mass is 16.4. The average molecular weight is 176 g/mol. The molecule has 0 aliphatic carbocycles. The maximum absolute atomic E-state index is 10.1. The van der Waals surface area contributed by atoms with E-state index in [0.29, 0.717) is 6.42 Å². The lowest BCUT2D eigenvalue weighted by atomic mass is 10.1. The summed E-state index contributed by atoms with van der Waals surface area (Å²) in [5.41, 5.74) is 0. The smallest absolute Gasteiger partial charge is 0.303 e. The first kappa shape index (κ1) is 14.0. The fourth-order valence-electron chi connectivity index (χ4n) is 1.06. The van der Waals surface area contributed by atoms with Gasteiger partial charge in [0.25, 0.3) is 0 Å². The van der Waals surface area contributed by atoms with Crippen LogP contribution < -0.4 is 0 Å². The summed E-state index contributed by atoms with van der Waals surface area (Å²) in [6.07, 6.45) is 7.25. The summed E-state index contributed by atoms with van der Waals surface area (Å²) in [5.74, 6) is -0.666. The first-order valence-corrected chi connectivity index (χ1v) is 4.49. The Hall–Kier alpha value is -0.570. The Balaban J connectivity index is 0. The molecule has 74 valence electrons. The number of hydrogen-bond donors (Lipinski definition) is 1. The normalized spacial score (nSPS) is 9.08. The summed E-state index contributed by atoms with van der Waals surface area (Å²) in [4.78, 5) is 10.1. The monoisotopic (exact) mass is 176 g/mol. The lowest BCUT2D eigenvalue weighted by Crippen LogP contribution is -1.93. The Morgan fingerprint density at radius 2 is 1.58 bits per heavy atom. The van der Waals surface area contributed by atoms with Gasteiger partial charge in [0.1, 0.15) is 0 Å². The van der Waals surface area contributed by atoms with Crippen molar-refractivity contribution < 1.29 is 15.4 Å². The van der Waals surface area contributed by atoms with Gasteiger partial charge in [-0.2, -0.15) is 0 Å². The lowest BCUT2D eigenvalue weighted by molar-refractivity contribution is -0.137. The molecule has 0 spiro atoms. The van der Waals surface area contributed by atoms with E-state index in [2.05, 4.69) is 6.92 Å². The molecule has 0 aromatic carbocycles. The van der Waals surface area contributed by atoms with Gasteiger partial charge >= 0.3 is 5.97 Å². The van der Waals surface area contributed by atoms with Crippen LogP contribution in [0.2, 0.25) is 0 Å². The Bertz CT molecular complexity index is 102. The predicted octanol–water partition coefficient (Wildman–Crippen LogP) is 2.00. The maximum atomic E-state index is 10.1. The third kappa shape index (κ3) is 12.1. The number of carboxylic acid groups (broad SMARTS) is 1. The van der Waals surface area contributed by atoms with E-state index in [1.54, 1.807) is 0 Å². The maximum Gasteiger partial charge on any atom is 0.303 e. The quantitative estimate of drug-likeness (QED) is 0.603. The molecule has 0 heterocycles. The van der Waals surface area contributed by atoms with Gasteiger partial charge in [-0.05, 0) is 6.42 Å². The zero-order chi connectivity index (χ0) is 8.53. The molecule has 0 aliphatic rings. The molecule has 12 heavy (non-hydrogen) atoms. The Morgan fingerprint density at radius 3 is 2.08 bits per heavy atom. The summed E-state index contributed by atoms with van der Waals surface area (Å²) in [7, 11) is 0. The van der Waals surface area contributed by atoms with Crippen molar-refractivity contribution in [2.75, 3.05) is 0 Å². The molecule has 0 saturated heterocycles. The van der Waals surface area contributed by atoms with Crippen LogP contribution in [-0.4, -0.2) is 16.6 Å². The molecule has 0 fully saturated rings. The Labute approximate surface area is 74.1 Å². The van der Waals surface area contributed by atoms with Crippen molar-refractivity contribution >= 4 is 5.97 Å². The number of hydrogen-bond acceptors (Lipinski definition) is 1. The van der Waals surface area contributed by atoms with Gasteiger partial charge in [0, 0.05) is 6.42 Å². The molecule has 0 radical (unpaired) electrons. The molecule has 0 unspecified atom stereocenters. The van der Waals surface area contributed by atoms with Crippen molar-refractivity contribution in [3.63, 3.8) is 0 Å². The minimum absolute atomic E-state index is 0. The zero-order valence-electron chi connectivity index (χ0n) is 7.81. The summed E-state index contributed by atoms with van der Waals surface area (Å²) < 4.78 is 0. The fraction of sp³-hybridized carbons (Fsp3) is 0.889. The number of carbonyl (C=O) groups is 1. The topological polar surface area (TPSA) is 68.8 Å². The first-order chi connectivity index (χ1) is 5.27. The molecule has 3 nitrogen and oxygen atoms in total. The second kappa shape index (κ2) is 10.4. The van der Waals surface area contributed by atoms with E-state index >= 15 is 0 Å². The summed E-state index contributed by atoms with van der Waals surface area (Å²) >= 11 is 0. The molecule has 0 saturated carbocycles. The van der Waals surface area contributed by atoms with Gasteiger partial charge in [-0.25, -0.2) is 0 Å². The molecule has 0 aromatic heterocycles. The zero-order valence-corrected chi connectivity index (χ0v) is 7.81. The van der Waals surface area contributed by atoms with Crippen molar-refractivity contribution in [3.8, 4) is 0 Å². The van der Waals surface area contributed by atoms with Crippen LogP contribution in [-0.2, 0) is 4.79 Å². The standard InChI is InChI=1S/C9H18O2.H2O/c1-2-3-4-5-6-7-8-9(10)11;/h2-8H2,1H3,(H,10,11);1H2. The van der Waals surface area contributed by atoms with E-state index in [9.17, 15) is 4.79 Å². The average Bonchev–Trinajstić information content (AvgIpc) is 1.96. The highest BCUT2D eigenvalue weighted by Gasteiger charge is 1.95. The third-order valence-electron chi connectivity index (χ3n) is 1.74. The minimum atomic E-state index is -0.666. The number of rotatable bonds is 7. The first-order valence-electron chi connectivity index (χ1n) is 4.49. The van der Waals surface area contributed by atoms with Gasteiger partial charge in [-0.1, -0.05) is 39.0 Å². The van der Waals surface area contributed by atoms with E-state index in [0.717, 1.165) is 12.8 Å². The van der Waals surface area contributed by atoms with Gasteiger partial charge in [-0.3, -0.25) is 4.79 Å². The molecule has 0 rings (SSSR count). The molecule has 0 atom stereocenters. The van der Waals surface area contributed by atoms with Gasteiger partial charge in [0.2, 0.25) is 0 Å². The van der Waals surface area contributed by atoms with E-state index < -0.39 is 5.97 Å². The van der Waals surface area contributed by atoms with Gasteiger partial charge in [0.05, 0.1) is 0 Å². The largest absolute Gasteiger partial charge is 0.481 e. The van der Waals surface area contributed by atoms with Crippen molar-refractivity contribution in [2.24, 2.45) is 0 Å². The molecule has 0 aliphatic heterocycles. The third-order valence-corrected chi connectivity index (χ3v) is 1.74. The number of aliphatic carboxylic acids is 1. The van der Waals surface area contributed by atoms with E-state index in [1.807, 2.05) is 0 Å². The highest BCUT2D eigenvalue weighted by molar-refractivity contribution is 5.66. The summed E-state index contributed by atoms with van der Waals surface area (Å²) in [6.45, 7) is 2.18. The molecule has 3 N–H and O–H groups in total. The highest BCUT2D eigenvalue weighted by Crippen LogP contribution is 2.06. The Kier molecular flexibility index (Phi) is 12.2. The predicted molar refractivity (Wildman–Crippen MR) is 49.2 cm³/mol. The molecular weight excluding hydrogens is 156 g/mol. The number of carboxylic acids is 1. The van der Waals surface area contributed by atoms with Crippen molar-refractivity contribution in [3.05, 3.63) is 0 Å². The van der Waals surface area contributed by atoms with Crippen LogP contribution in [0.3, 0.4) is 0 Å². The van der Waals surface area contributed by atoms with Crippen LogP contribution >= 0.6 is 0 Å². The molecule has 3 heteroatoms. The van der Waals surface area contributed by atoms with E-state index in [-0.39, 0.29) is 5.48 Å². The fourth-order valence-corrected chi connectivity index (χ4v) is 1.06. The molecule has 0 aromatic rings. The second-order valence-electron chi connectivity index (χ2n) is 2.91. The van der Waals surface area contributed by atoms with Gasteiger partial charge in [-0.15, -0.1) is 0 Å². The van der Waals surface area contributed by atoms with Gasteiger partial charge < -0.3 is 10.6 Å². The number of unbranched alkanes of at least 4 members (excludes halogenated alkanes) is 5. The van der Waals surface area contributed by atoms with Gasteiger partial charge in [0.15, 0.2) is 0 Å². The molecular formula is C9H20O3. The SMILES string of the molecule is CCCCCCCCC(=O)O.O. The van der Waals surface area contributed by atoms with Crippen LogP contribution in [0.25, 0.3) is 0 Å². The molecule has 0 bridgehead atoms. The van der Waals surface area contributed by atoms with Crippen LogP contribution in [0.5, 0.6) is 0 Å². The van der Waals surface area contributed by atoms with Crippen LogP contribution in [0.15, 0.2) is 0 Å². The van der Waals surface area contributed by atoms with Crippen molar-refractivity contribution in [1.82, 2.24) is 0 Å². The van der Waals surface area contributed by atoms with Crippen molar-refractivity contribution in [2.45, 2.75) is 51.9 Å².